The van der Waals surface area contributed by atoms with Gasteiger partial charge in [-0.15, -0.1) is 0 Å². The second kappa shape index (κ2) is 7.11. The number of nitrogens with one attached hydrogen (secondary N) is 1. The zero-order valence-electron chi connectivity index (χ0n) is 14.6. The van der Waals surface area contributed by atoms with Crippen LogP contribution in [0.25, 0.3) is 10.8 Å². The van der Waals surface area contributed by atoms with Crippen molar-refractivity contribution >= 4 is 22.6 Å². The lowest BCUT2D eigenvalue weighted by atomic mass is 10.0. The van der Waals surface area contributed by atoms with E-state index in [1.165, 1.54) is 6.07 Å². The zero-order chi connectivity index (χ0) is 18.8. The molecule has 0 bridgehead atoms. The van der Waals surface area contributed by atoms with Crippen molar-refractivity contribution in [2.45, 2.75) is 25.0 Å². The van der Waals surface area contributed by atoms with Crippen LogP contribution in [0.2, 0.25) is 0 Å². The molecule has 0 heterocycles. The summed E-state index contributed by atoms with van der Waals surface area (Å²) >= 11 is 0. The van der Waals surface area contributed by atoms with Crippen molar-refractivity contribution in [3.05, 3.63) is 77.9 Å². The van der Waals surface area contributed by atoms with Gasteiger partial charge >= 0.3 is 5.97 Å². The highest BCUT2D eigenvalue weighted by Crippen LogP contribution is 2.31. The number of aromatic hydroxyl groups is 1. The fourth-order valence-electron chi connectivity index (χ4n) is 3.00. The summed E-state index contributed by atoms with van der Waals surface area (Å²) in [6.07, 6.45) is 0.810. The lowest BCUT2D eigenvalue weighted by Gasteiger charge is -2.18. The van der Waals surface area contributed by atoms with Gasteiger partial charge in [0.2, 0.25) is 6.10 Å². The summed E-state index contributed by atoms with van der Waals surface area (Å²) in [5, 5.41) is 14.7. The third-order valence-corrected chi connectivity index (χ3v) is 4.61. The smallest absolute Gasteiger partial charge is 0.343 e. The molecule has 0 spiro atoms. The number of phenols is 1. The van der Waals surface area contributed by atoms with E-state index in [9.17, 15) is 14.7 Å². The molecule has 0 aromatic heterocycles. The van der Waals surface area contributed by atoms with Crippen LogP contribution in [0.3, 0.4) is 0 Å². The van der Waals surface area contributed by atoms with Gasteiger partial charge in [-0.2, -0.15) is 0 Å². The van der Waals surface area contributed by atoms with Crippen LogP contribution < -0.4 is 5.32 Å². The van der Waals surface area contributed by atoms with Crippen LogP contribution in [0.4, 0.5) is 0 Å². The first-order valence-corrected chi connectivity index (χ1v) is 8.90. The molecule has 3 aromatic rings. The van der Waals surface area contributed by atoms with E-state index < -0.39 is 12.1 Å². The van der Waals surface area contributed by atoms with E-state index in [-0.39, 0.29) is 23.3 Å². The van der Waals surface area contributed by atoms with Crippen LogP contribution in [0.15, 0.2) is 66.7 Å². The number of amides is 1. The summed E-state index contributed by atoms with van der Waals surface area (Å²) in [5.74, 6) is -1.23. The van der Waals surface area contributed by atoms with Crippen LogP contribution in [-0.4, -0.2) is 23.0 Å². The Labute approximate surface area is 156 Å². The number of phenolic OH excluding ortho intramolecular Hbond substituents is 1. The van der Waals surface area contributed by atoms with Gasteiger partial charge in [0.1, 0.15) is 11.3 Å². The quantitative estimate of drug-likeness (QED) is 0.679. The molecule has 0 saturated heterocycles. The van der Waals surface area contributed by atoms with Crippen LogP contribution >= 0.6 is 0 Å². The SMILES string of the molecule is O=C(OC(C(=O)NC1CC1)c1ccccc1)c1ccc2ccccc2c1O. The summed E-state index contributed by atoms with van der Waals surface area (Å²) in [6, 6.07) is 19.5. The van der Waals surface area contributed by atoms with Gasteiger partial charge in [0.15, 0.2) is 0 Å². The monoisotopic (exact) mass is 361 g/mol. The summed E-state index contributed by atoms with van der Waals surface area (Å²) in [6.45, 7) is 0. The van der Waals surface area contributed by atoms with Crippen molar-refractivity contribution in [2.24, 2.45) is 0 Å². The third kappa shape index (κ3) is 3.62. The Balaban J connectivity index is 1.63. The Kier molecular flexibility index (Phi) is 4.50. The van der Waals surface area contributed by atoms with Crippen molar-refractivity contribution in [1.82, 2.24) is 5.32 Å². The van der Waals surface area contributed by atoms with E-state index in [1.807, 2.05) is 18.2 Å². The molecule has 1 saturated carbocycles. The van der Waals surface area contributed by atoms with Crippen LogP contribution in [-0.2, 0) is 9.53 Å². The summed E-state index contributed by atoms with van der Waals surface area (Å²) in [5.41, 5.74) is 0.623. The molecule has 1 unspecified atom stereocenters. The molecule has 136 valence electrons. The van der Waals surface area contributed by atoms with E-state index in [4.69, 9.17) is 4.74 Å². The van der Waals surface area contributed by atoms with Gasteiger partial charge in [0.05, 0.1) is 0 Å². The number of carbonyl (C=O) groups excluding carboxylic acids is 2. The number of carbonyl (C=O) groups is 2. The average molecular weight is 361 g/mol. The molecule has 0 radical (unpaired) electrons. The molecule has 5 nitrogen and oxygen atoms in total. The van der Waals surface area contributed by atoms with Crippen molar-refractivity contribution in [2.75, 3.05) is 0 Å². The topological polar surface area (TPSA) is 75.6 Å². The van der Waals surface area contributed by atoms with Crippen molar-refractivity contribution in [1.29, 1.82) is 0 Å². The molecule has 3 aromatic carbocycles. The Morgan fingerprint density at radius 3 is 2.41 bits per heavy atom. The predicted molar refractivity (Wildman–Crippen MR) is 101 cm³/mol. The van der Waals surface area contributed by atoms with Gasteiger partial charge in [-0.3, -0.25) is 4.79 Å². The molecule has 1 fully saturated rings. The molecule has 4 rings (SSSR count). The second-order valence-electron chi connectivity index (χ2n) is 6.66. The second-order valence-corrected chi connectivity index (χ2v) is 6.66. The number of ether oxygens (including phenoxy) is 1. The van der Waals surface area contributed by atoms with Gasteiger partial charge < -0.3 is 15.2 Å². The van der Waals surface area contributed by atoms with Gasteiger partial charge in [0.25, 0.3) is 5.91 Å². The summed E-state index contributed by atoms with van der Waals surface area (Å²) < 4.78 is 5.53. The van der Waals surface area contributed by atoms with E-state index in [1.54, 1.807) is 42.5 Å². The number of hydrogen-bond donors (Lipinski definition) is 2. The molecular weight excluding hydrogens is 342 g/mol. The van der Waals surface area contributed by atoms with Crippen molar-refractivity contribution < 1.29 is 19.4 Å². The summed E-state index contributed by atoms with van der Waals surface area (Å²) in [4.78, 5) is 25.3. The number of esters is 1. The normalized spacial score (nSPS) is 14.5. The minimum Gasteiger partial charge on any atom is -0.506 e. The molecule has 1 amide bonds. The van der Waals surface area contributed by atoms with E-state index in [2.05, 4.69) is 5.32 Å². The highest BCUT2D eigenvalue weighted by Gasteiger charge is 2.31. The molecule has 1 atom stereocenters. The number of fused-ring (bicyclic) bond motifs is 1. The first kappa shape index (κ1) is 17.1. The first-order valence-electron chi connectivity index (χ1n) is 8.90. The minimum atomic E-state index is -1.06. The Morgan fingerprint density at radius 2 is 1.67 bits per heavy atom. The van der Waals surface area contributed by atoms with E-state index in [0.717, 1.165) is 18.2 Å². The van der Waals surface area contributed by atoms with E-state index in [0.29, 0.717) is 10.9 Å². The maximum atomic E-state index is 12.7. The molecule has 0 aliphatic heterocycles. The fourth-order valence-corrected chi connectivity index (χ4v) is 3.00. The lowest BCUT2D eigenvalue weighted by molar-refractivity contribution is -0.130. The Hall–Kier alpha value is -3.34. The van der Waals surface area contributed by atoms with E-state index >= 15 is 0 Å². The standard InChI is InChI=1S/C22H19NO4/c24-19-17-9-5-4-6-14(17)10-13-18(19)22(26)27-20(15-7-2-1-3-8-15)21(25)23-16-11-12-16/h1-10,13,16,20,24H,11-12H2,(H,23,25). The molecule has 2 N–H and O–H groups in total. The maximum absolute atomic E-state index is 12.7. The lowest BCUT2D eigenvalue weighted by Crippen LogP contribution is -2.33. The average Bonchev–Trinajstić information content (AvgIpc) is 3.51. The van der Waals surface area contributed by atoms with Crippen LogP contribution in [0.1, 0.15) is 34.9 Å². The van der Waals surface area contributed by atoms with Crippen molar-refractivity contribution in [3.8, 4) is 5.75 Å². The first-order chi connectivity index (χ1) is 13.1. The highest BCUT2D eigenvalue weighted by atomic mass is 16.5. The minimum absolute atomic E-state index is 0.0360. The van der Waals surface area contributed by atoms with Gasteiger partial charge in [0, 0.05) is 17.0 Å². The highest BCUT2D eigenvalue weighted by molar-refractivity contribution is 6.02. The fraction of sp³-hybridized carbons (Fsp3) is 0.182. The largest absolute Gasteiger partial charge is 0.506 e. The number of benzene rings is 3. The number of rotatable bonds is 5. The number of hydrogen-bond acceptors (Lipinski definition) is 4. The zero-order valence-corrected chi connectivity index (χ0v) is 14.6. The Bertz CT molecular complexity index is 996. The third-order valence-electron chi connectivity index (χ3n) is 4.61. The predicted octanol–water partition coefficient (Wildman–Crippen LogP) is 3.72. The molecule has 5 heteroatoms. The van der Waals surface area contributed by atoms with Gasteiger partial charge in [-0.05, 0) is 24.3 Å². The molecular formula is C22H19NO4. The van der Waals surface area contributed by atoms with Crippen LogP contribution in [0, 0.1) is 0 Å². The molecule has 27 heavy (non-hydrogen) atoms. The van der Waals surface area contributed by atoms with Gasteiger partial charge in [-0.25, -0.2) is 4.79 Å². The Morgan fingerprint density at radius 1 is 0.963 bits per heavy atom. The molecule has 1 aliphatic carbocycles. The molecule has 1 aliphatic rings. The van der Waals surface area contributed by atoms with Gasteiger partial charge in [-0.1, -0.05) is 60.7 Å². The maximum Gasteiger partial charge on any atom is 0.343 e. The summed E-state index contributed by atoms with van der Waals surface area (Å²) in [7, 11) is 0. The van der Waals surface area contributed by atoms with Crippen molar-refractivity contribution in [3.63, 3.8) is 0 Å². The van der Waals surface area contributed by atoms with Crippen LogP contribution in [0.5, 0.6) is 5.75 Å².